The fraction of sp³-hybridized carbons (Fsp3) is 0.500. The highest BCUT2D eigenvalue weighted by atomic mass is 32.2. The molecule has 6 rings (SSSR count). The third kappa shape index (κ3) is 11.6. The number of hydrogen-bond acceptors (Lipinski definition) is 10. The number of ether oxygens (including phenoxy) is 2. The summed E-state index contributed by atoms with van der Waals surface area (Å²) in [4.78, 5) is 40.8. The summed E-state index contributed by atoms with van der Waals surface area (Å²) in [5.41, 5.74) is -0.747. The topological polar surface area (TPSA) is 179 Å². The van der Waals surface area contributed by atoms with Crippen LogP contribution in [0.15, 0.2) is 65.7 Å². The first-order valence-corrected chi connectivity index (χ1v) is 20.1. The van der Waals surface area contributed by atoms with Gasteiger partial charge in [0.2, 0.25) is 10.0 Å². The van der Waals surface area contributed by atoms with Crippen molar-refractivity contribution in [2.24, 2.45) is 0 Å². The first kappa shape index (κ1) is 43.1. The molecule has 15 heteroatoms. The molecule has 0 radical (unpaired) electrons. The fourth-order valence-electron chi connectivity index (χ4n) is 6.17. The molecule has 1 aromatic heterocycles. The van der Waals surface area contributed by atoms with Gasteiger partial charge in [-0.25, -0.2) is 27.7 Å². The number of allylic oxidation sites excluding steroid dienone is 2. The van der Waals surface area contributed by atoms with Crippen molar-refractivity contribution in [2.45, 2.75) is 128 Å². The van der Waals surface area contributed by atoms with Gasteiger partial charge in [0, 0.05) is 46.1 Å². The molecular formula is C38H53N5O8S2. The molecule has 0 atom stereocenters. The number of rotatable bonds is 9. The molecule has 290 valence electrons. The minimum atomic E-state index is -4.06. The molecule has 2 bridgehead atoms. The maximum absolute atomic E-state index is 13.7. The number of amides is 2. The van der Waals surface area contributed by atoms with E-state index in [0.29, 0.717) is 10.4 Å². The number of nitro groups is 1. The van der Waals surface area contributed by atoms with Gasteiger partial charge in [0.15, 0.2) is 0 Å². The Labute approximate surface area is 317 Å². The maximum atomic E-state index is 13.7. The molecule has 2 amide bonds. The molecular weight excluding hydrogens is 719 g/mol. The second-order valence-electron chi connectivity index (χ2n) is 14.2. The van der Waals surface area contributed by atoms with Crippen molar-refractivity contribution in [2.75, 3.05) is 5.32 Å². The average Bonchev–Trinajstić information content (AvgIpc) is 3.60. The van der Waals surface area contributed by atoms with Gasteiger partial charge in [0.05, 0.1) is 25.8 Å². The highest BCUT2D eigenvalue weighted by Crippen LogP contribution is 2.55. The lowest BCUT2D eigenvalue weighted by Crippen LogP contribution is -2.58. The van der Waals surface area contributed by atoms with Gasteiger partial charge in [0.25, 0.3) is 5.69 Å². The number of anilines is 1. The van der Waals surface area contributed by atoms with E-state index in [-0.39, 0.29) is 45.2 Å². The van der Waals surface area contributed by atoms with Crippen molar-refractivity contribution < 1.29 is 32.4 Å². The highest BCUT2D eigenvalue weighted by molar-refractivity contribution is 7.89. The molecule has 3 saturated carbocycles. The predicted molar refractivity (Wildman–Crippen MR) is 209 cm³/mol. The number of nitrogens with one attached hydrogen (secondary N) is 3. The van der Waals surface area contributed by atoms with Crippen molar-refractivity contribution in [3.8, 4) is 16.2 Å². The van der Waals surface area contributed by atoms with Crippen molar-refractivity contribution in [3.05, 3.63) is 75.9 Å². The first-order valence-electron chi connectivity index (χ1n) is 17.8. The van der Waals surface area contributed by atoms with Gasteiger partial charge in [-0.15, -0.1) is 11.3 Å². The predicted octanol–water partition coefficient (Wildman–Crippen LogP) is 9.49. The Balaban J connectivity index is 0.00000118. The molecule has 0 unspecified atom stereocenters. The summed E-state index contributed by atoms with van der Waals surface area (Å²) in [6.45, 7) is 16.9. The molecule has 0 spiro atoms. The highest BCUT2D eigenvalue weighted by Gasteiger charge is 2.51. The summed E-state index contributed by atoms with van der Waals surface area (Å²) >= 11 is 1.46. The van der Waals surface area contributed by atoms with Crippen molar-refractivity contribution >= 4 is 44.9 Å². The number of thiazole rings is 1. The van der Waals surface area contributed by atoms with Crippen LogP contribution in [0.3, 0.4) is 0 Å². The van der Waals surface area contributed by atoms with Crippen LogP contribution in [0.2, 0.25) is 0 Å². The number of non-ortho nitro benzene ring substituents is 1. The number of carbonyl (C=O) groups is 2. The van der Waals surface area contributed by atoms with Crippen LogP contribution in [-0.2, 0) is 20.2 Å². The zero-order chi connectivity index (χ0) is 39.6. The van der Waals surface area contributed by atoms with Crippen LogP contribution in [0.25, 0.3) is 10.4 Å². The second-order valence-corrected chi connectivity index (χ2v) is 16.8. The van der Waals surface area contributed by atoms with Crippen molar-refractivity contribution in [3.63, 3.8) is 0 Å². The molecule has 3 aliphatic carbocycles. The van der Waals surface area contributed by atoms with Gasteiger partial charge in [-0.1, -0.05) is 32.1 Å². The summed E-state index contributed by atoms with van der Waals surface area (Å²) in [5.74, 6) is 0.0810. The van der Waals surface area contributed by atoms with Crippen LogP contribution in [0.4, 0.5) is 21.0 Å². The Morgan fingerprint density at radius 3 is 2.06 bits per heavy atom. The van der Waals surface area contributed by atoms with E-state index in [1.54, 1.807) is 39.1 Å². The Morgan fingerprint density at radius 1 is 0.962 bits per heavy atom. The van der Waals surface area contributed by atoms with E-state index in [0.717, 1.165) is 43.5 Å². The number of hydrogen-bond donors (Lipinski definition) is 3. The van der Waals surface area contributed by atoms with Gasteiger partial charge in [-0.2, -0.15) is 0 Å². The van der Waals surface area contributed by atoms with E-state index in [2.05, 4.69) is 15.4 Å². The zero-order valence-electron chi connectivity index (χ0n) is 32.1. The van der Waals surface area contributed by atoms with Crippen LogP contribution >= 0.6 is 11.3 Å². The van der Waals surface area contributed by atoms with Crippen molar-refractivity contribution in [1.82, 2.24) is 15.0 Å². The van der Waals surface area contributed by atoms with Crippen LogP contribution in [0.1, 0.15) is 106 Å². The number of sulfonamides is 1. The molecule has 2 aromatic carbocycles. The number of alkyl carbamates (subject to hydrolysis) is 1. The zero-order valence-corrected chi connectivity index (χ0v) is 33.7. The molecule has 13 nitrogen and oxygen atoms in total. The van der Waals surface area contributed by atoms with Gasteiger partial charge in [-0.05, 0) is 111 Å². The summed E-state index contributed by atoms with van der Waals surface area (Å²) in [6.07, 6.45) is 9.18. The minimum absolute atomic E-state index is 0.0348. The van der Waals surface area contributed by atoms with Crippen LogP contribution in [0, 0.1) is 10.1 Å². The van der Waals surface area contributed by atoms with Crippen LogP contribution in [0.5, 0.6) is 5.75 Å². The Bertz CT molecular complexity index is 1840. The molecule has 53 heavy (non-hydrogen) atoms. The quantitative estimate of drug-likeness (QED) is 0.109. The summed E-state index contributed by atoms with van der Waals surface area (Å²) in [7, 11) is -4.06. The maximum Gasteiger partial charge on any atom is 0.417 e. The fourth-order valence-corrected chi connectivity index (χ4v) is 9.13. The Hall–Kier alpha value is -4.34. The smallest absolute Gasteiger partial charge is 0.417 e. The number of carbonyl (C=O) groups excluding carboxylic acids is 2. The van der Waals surface area contributed by atoms with Gasteiger partial charge >= 0.3 is 12.2 Å². The molecule has 3 fully saturated rings. The lowest BCUT2D eigenvalue weighted by atomic mass is 9.57. The largest absolute Gasteiger partial charge is 0.447 e. The molecule has 0 saturated heterocycles. The van der Waals surface area contributed by atoms with Crippen LogP contribution in [-0.4, -0.2) is 47.7 Å². The van der Waals surface area contributed by atoms with E-state index < -0.39 is 26.6 Å². The van der Waals surface area contributed by atoms with E-state index in [9.17, 15) is 28.1 Å². The molecule has 0 aliphatic heterocycles. The summed E-state index contributed by atoms with van der Waals surface area (Å²) in [6, 6.07) is 9.58. The monoisotopic (exact) mass is 771 g/mol. The standard InChI is InChI=1S/C32H39N5O8S2.C4H8.C2H6/c1-20(2)44-29(39)35-32-15-12-31(13-16-32,14-17-32)27-33-19-25(46-27)24-11-6-21(18-26(24)47(42,43)36-30(3,4)5)34-28(38)45-23-9-7-22(8-10-23)37(40)41;1-3-4-2;1-2/h6-11,18-20,36H,12-17H2,1-5H3,(H,34,38)(H,35,39);3-4H,1-2H3;1-2H3/b;4-3-;. The SMILES string of the molecule is C/C=C\C.CC.CC(C)OC(=O)NC12CCC(c3ncc(-c4ccc(NC(=O)Oc5ccc([N+](=O)[O-])cc5)cc4S(=O)(=O)NC(C)(C)C)s3)(CC1)CC2. The van der Waals surface area contributed by atoms with Gasteiger partial charge in [0.1, 0.15) is 5.75 Å². The first-order chi connectivity index (χ1) is 24.9. The van der Waals surface area contributed by atoms with E-state index >= 15 is 0 Å². The third-order valence-electron chi connectivity index (χ3n) is 8.73. The molecule has 3 aromatic rings. The average molecular weight is 772 g/mol. The Kier molecular flexibility index (Phi) is 14.7. The lowest BCUT2D eigenvalue weighted by molar-refractivity contribution is -0.384. The number of aromatic nitrogens is 1. The van der Waals surface area contributed by atoms with E-state index in [4.69, 9.17) is 14.5 Å². The van der Waals surface area contributed by atoms with E-state index in [1.165, 1.54) is 41.7 Å². The molecule has 3 aliphatic rings. The lowest BCUT2D eigenvalue weighted by Gasteiger charge is -2.52. The van der Waals surface area contributed by atoms with E-state index in [1.807, 2.05) is 53.7 Å². The second kappa shape index (κ2) is 18.1. The Morgan fingerprint density at radius 2 is 1.55 bits per heavy atom. The van der Waals surface area contributed by atoms with Gasteiger partial charge < -0.3 is 14.8 Å². The summed E-state index contributed by atoms with van der Waals surface area (Å²) < 4.78 is 40.7. The van der Waals surface area contributed by atoms with Crippen LogP contribution < -0.4 is 20.1 Å². The third-order valence-corrected chi connectivity index (χ3v) is 11.8. The number of nitro benzene ring substituents is 1. The minimum Gasteiger partial charge on any atom is -0.447 e. The number of fused-ring (bicyclic) bond motifs is 3. The van der Waals surface area contributed by atoms with Gasteiger partial charge in [-0.3, -0.25) is 15.4 Å². The molecule has 3 N–H and O–H groups in total. The number of benzene rings is 2. The number of nitrogens with zero attached hydrogens (tertiary/aromatic N) is 2. The summed E-state index contributed by atoms with van der Waals surface area (Å²) in [5, 5.41) is 17.5. The van der Waals surface area contributed by atoms with Crippen molar-refractivity contribution in [1.29, 1.82) is 0 Å². The molecule has 1 heterocycles. The normalized spacial score (nSPS) is 19.4.